The van der Waals surface area contributed by atoms with Crippen molar-refractivity contribution in [1.82, 2.24) is 5.43 Å². The second-order valence-corrected chi connectivity index (χ2v) is 6.23. The normalized spacial score (nSPS) is 17.5. The van der Waals surface area contributed by atoms with Crippen LogP contribution in [0.1, 0.15) is 31.4 Å². The standard InChI is InChI=1S/C19H20N4O3/c1-11-9-18(26)22-23-19(11)13-3-5-14(6-4-13)21-20-12(2)16-10-15(24)7-8-17(16)25/h3-8,10-11,21,24-25H,9H2,1-2H3,(H,22,26). The predicted molar refractivity (Wildman–Crippen MR) is 101 cm³/mol. The van der Waals surface area contributed by atoms with Crippen molar-refractivity contribution in [1.29, 1.82) is 0 Å². The molecule has 0 spiro atoms. The molecule has 7 nitrogen and oxygen atoms in total. The quantitative estimate of drug-likeness (QED) is 0.386. The van der Waals surface area contributed by atoms with Gasteiger partial charge in [-0.05, 0) is 42.8 Å². The van der Waals surface area contributed by atoms with Gasteiger partial charge in [0.05, 0.1) is 17.1 Å². The number of amides is 1. The van der Waals surface area contributed by atoms with Crippen LogP contribution in [0, 0.1) is 5.92 Å². The summed E-state index contributed by atoms with van der Waals surface area (Å²) in [6, 6.07) is 11.8. The molecule has 3 rings (SSSR count). The molecule has 4 N–H and O–H groups in total. The van der Waals surface area contributed by atoms with Crippen molar-refractivity contribution in [2.45, 2.75) is 20.3 Å². The minimum absolute atomic E-state index is 0.0487. The highest BCUT2D eigenvalue weighted by Crippen LogP contribution is 2.23. The third kappa shape index (κ3) is 3.83. The van der Waals surface area contributed by atoms with E-state index in [2.05, 4.69) is 21.1 Å². The van der Waals surface area contributed by atoms with E-state index in [4.69, 9.17) is 0 Å². The summed E-state index contributed by atoms with van der Waals surface area (Å²) >= 11 is 0. The molecule has 2 aromatic carbocycles. The molecule has 0 saturated carbocycles. The third-order valence-corrected chi connectivity index (χ3v) is 4.16. The molecule has 134 valence electrons. The molecule has 1 heterocycles. The Morgan fingerprint density at radius 2 is 1.96 bits per heavy atom. The lowest BCUT2D eigenvalue weighted by Gasteiger charge is -2.19. The predicted octanol–water partition coefficient (Wildman–Crippen LogP) is 2.79. The molecule has 1 unspecified atom stereocenters. The lowest BCUT2D eigenvalue weighted by atomic mass is 9.94. The van der Waals surface area contributed by atoms with E-state index in [0.29, 0.717) is 17.7 Å². The lowest BCUT2D eigenvalue weighted by molar-refractivity contribution is -0.121. The molecule has 26 heavy (non-hydrogen) atoms. The Morgan fingerprint density at radius 3 is 2.65 bits per heavy atom. The van der Waals surface area contributed by atoms with Crippen LogP contribution in [0.4, 0.5) is 5.69 Å². The van der Waals surface area contributed by atoms with Gasteiger partial charge in [-0.25, -0.2) is 5.43 Å². The van der Waals surface area contributed by atoms with Crippen molar-refractivity contribution in [3.8, 4) is 11.5 Å². The van der Waals surface area contributed by atoms with Crippen LogP contribution < -0.4 is 10.9 Å². The van der Waals surface area contributed by atoms with Crippen molar-refractivity contribution < 1.29 is 15.0 Å². The van der Waals surface area contributed by atoms with Crippen LogP contribution in [-0.4, -0.2) is 27.5 Å². The van der Waals surface area contributed by atoms with Gasteiger partial charge in [0.25, 0.3) is 0 Å². The Kier molecular flexibility index (Phi) is 4.88. The average Bonchev–Trinajstić information content (AvgIpc) is 2.62. The van der Waals surface area contributed by atoms with Gasteiger partial charge >= 0.3 is 0 Å². The fourth-order valence-corrected chi connectivity index (χ4v) is 2.74. The summed E-state index contributed by atoms with van der Waals surface area (Å²) in [4.78, 5) is 11.3. The van der Waals surface area contributed by atoms with Crippen molar-refractivity contribution in [3.63, 3.8) is 0 Å². The summed E-state index contributed by atoms with van der Waals surface area (Å²) in [5.41, 5.74) is 8.98. The van der Waals surface area contributed by atoms with E-state index in [1.807, 2.05) is 31.2 Å². The molecule has 2 aromatic rings. The first-order chi connectivity index (χ1) is 12.4. The molecular weight excluding hydrogens is 332 g/mol. The van der Waals surface area contributed by atoms with E-state index in [9.17, 15) is 15.0 Å². The number of phenols is 2. The number of hydrogen-bond donors (Lipinski definition) is 4. The number of hydrazone groups is 2. The molecule has 1 aliphatic heterocycles. The highest BCUT2D eigenvalue weighted by molar-refractivity contribution is 6.06. The van der Waals surface area contributed by atoms with Crippen LogP contribution in [0.25, 0.3) is 0 Å². The monoisotopic (exact) mass is 352 g/mol. The van der Waals surface area contributed by atoms with Gasteiger partial charge in [-0.2, -0.15) is 10.2 Å². The second kappa shape index (κ2) is 7.26. The molecule has 0 saturated heterocycles. The fourth-order valence-electron chi connectivity index (χ4n) is 2.74. The maximum Gasteiger partial charge on any atom is 0.240 e. The lowest BCUT2D eigenvalue weighted by Crippen LogP contribution is -2.31. The van der Waals surface area contributed by atoms with Gasteiger partial charge in [0.2, 0.25) is 5.91 Å². The molecule has 1 amide bonds. The van der Waals surface area contributed by atoms with Crippen LogP contribution in [0.15, 0.2) is 52.7 Å². The largest absolute Gasteiger partial charge is 0.508 e. The zero-order valence-corrected chi connectivity index (χ0v) is 14.5. The number of carbonyl (C=O) groups is 1. The van der Waals surface area contributed by atoms with Crippen LogP contribution >= 0.6 is 0 Å². The first-order valence-electron chi connectivity index (χ1n) is 8.23. The van der Waals surface area contributed by atoms with Crippen molar-refractivity contribution in [2.24, 2.45) is 16.1 Å². The van der Waals surface area contributed by atoms with E-state index < -0.39 is 0 Å². The Balaban J connectivity index is 1.73. The fraction of sp³-hybridized carbons (Fsp3) is 0.211. The number of carbonyl (C=O) groups excluding carboxylic acids is 1. The molecule has 1 atom stereocenters. The molecular formula is C19H20N4O3. The zero-order valence-electron chi connectivity index (χ0n) is 14.5. The Morgan fingerprint density at radius 1 is 1.23 bits per heavy atom. The number of nitrogens with zero attached hydrogens (tertiary/aromatic N) is 2. The summed E-state index contributed by atoms with van der Waals surface area (Å²) in [5, 5.41) is 27.8. The minimum atomic E-state index is -0.0699. The number of aromatic hydroxyl groups is 2. The van der Waals surface area contributed by atoms with Crippen LogP contribution in [0.2, 0.25) is 0 Å². The summed E-state index contributed by atoms with van der Waals surface area (Å²) < 4.78 is 0. The molecule has 1 aliphatic rings. The molecule has 0 fully saturated rings. The summed E-state index contributed by atoms with van der Waals surface area (Å²) in [6.45, 7) is 3.70. The Hall–Kier alpha value is -3.35. The first-order valence-corrected chi connectivity index (χ1v) is 8.23. The number of nitrogens with one attached hydrogen (secondary N) is 2. The topological polar surface area (TPSA) is 106 Å². The van der Waals surface area contributed by atoms with E-state index >= 15 is 0 Å². The highest BCUT2D eigenvalue weighted by Gasteiger charge is 2.21. The van der Waals surface area contributed by atoms with Gasteiger partial charge in [0, 0.05) is 17.9 Å². The number of phenolic OH excluding ortho intramolecular Hbond substituents is 2. The summed E-state index contributed by atoms with van der Waals surface area (Å²) in [7, 11) is 0. The van der Waals surface area contributed by atoms with Gasteiger partial charge in [0.15, 0.2) is 0 Å². The van der Waals surface area contributed by atoms with Crippen molar-refractivity contribution in [2.75, 3.05) is 5.43 Å². The van der Waals surface area contributed by atoms with Crippen molar-refractivity contribution >= 4 is 23.0 Å². The molecule has 0 radical (unpaired) electrons. The van der Waals surface area contributed by atoms with E-state index in [-0.39, 0.29) is 23.3 Å². The van der Waals surface area contributed by atoms with Gasteiger partial charge in [-0.15, -0.1) is 0 Å². The van der Waals surface area contributed by atoms with Gasteiger partial charge in [-0.1, -0.05) is 19.1 Å². The first kappa shape index (κ1) is 17.5. The van der Waals surface area contributed by atoms with E-state index in [1.54, 1.807) is 6.92 Å². The van der Waals surface area contributed by atoms with Crippen LogP contribution in [0.5, 0.6) is 11.5 Å². The number of hydrogen-bond acceptors (Lipinski definition) is 6. The zero-order chi connectivity index (χ0) is 18.7. The third-order valence-electron chi connectivity index (χ3n) is 4.16. The van der Waals surface area contributed by atoms with Crippen molar-refractivity contribution in [3.05, 3.63) is 53.6 Å². The van der Waals surface area contributed by atoms with Crippen LogP contribution in [-0.2, 0) is 4.79 Å². The molecule has 0 aromatic heterocycles. The van der Waals surface area contributed by atoms with Gasteiger partial charge in [-0.3, -0.25) is 10.2 Å². The maximum absolute atomic E-state index is 11.3. The van der Waals surface area contributed by atoms with Gasteiger partial charge in [0.1, 0.15) is 11.5 Å². The highest BCUT2D eigenvalue weighted by atomic mass is 16.3. The molecule has 0 aliphatic carbocycles. The number of anilines is 1. The number of benzene rings is 2. The minimum Gasteiger partial charge on any atom is -0.508 e. The second-order valence-electron chi connectivity index (χ2n) is 6.23. The van der Waals surface area contributed by atoms with E-state index in [1.165, 1.54) is 18.2 Å². The average molecular weight is 352 g/mol. The summed E-state index contributed by atoms with van der Waals surface area (Å²) in [6.07, 6.45) is 0.426. The van der Waals surface area contributed by atoms with E-state index in [0.717, 1.165) is 17.0 Å². The Labute approximate surface area is 151 Å². The smallest absolute Gasteiger partial charge is 0.240 e. The maximum atomic E-state index is 11.3. The van der Waals surface area contributed by atoms with Crippen LogP contribution in [0.3, 0.4) is 0 Å². The summed E-state index contributed by atoms with van der Waals surface area (Å²) in [5.74, 6) is 0.106. The Bertz CT molecular complexity index is 888. The molecule has 7 heteroatoms. The number of rotatable bonds is 4. The SMILES string of the molecule is CC(=NNc1ccc(C2=NNC(=O)CC2C)cc1)c1cc(O)ccc1O. The van der Waals surface area contributed by atoms with Gasteiger partial charge < -0.3 is 10.2 Å². The molecule has 0 bridgehead atoms.